The Labute approximate surface area is 119 Å². The van der Waals surface area contributed by atoms with Crippen molar-refractivity contribution >= 4 is 6.03 Å². The molecule has 0 saturated carbocycles. The molecule has 3 N–H and O–H groups in total. The van der Waals surface area contributed by atoms with Gasteiger partial charge in [-0.2, -0.15) is 0 Å². The maximum Gasteiger partial charge on any atom is 0.315 e. The second kappa shape index (κ2) is 7.78. The molecule has 2 rings (SSSR count). The molecule has 3 atom stereocenters. The third-order valence-electron chi connectivity index (χ3n) is 3.68. The van der Waals surface area contributed by atoms with Crippen LogP contribution in [0.2, 0.25) is 0 Å². The Morgan fingerprint density at radius 3 is 2.85 bits per heavy atom. The van der Waals surface area contributed by atoms with Crippen molar-refractivity contribution in [3.05, 3.63) is 0 Å². The van der Waals surface area contributed by atoms with Gasteiger partial charge in [-0.1, -0.05) is 6.92 Å². The van der Waals surface area contributed by atoms with E-state index in [1.165, 1.54) is 0 Å². The lowest BCUT2D eigenvalue weighted by Crippen LogP contribution is -2.50. The smallest absolute Gasteiger partial charge is 0.315 e. The molecule has 2 aliphatic rings. The van der Waals surface area contributed by atoms with Gasteiger partial charge in [0.25, 0.3) is 0 Å². The quantitative estimate of drug-likeness (QED) is 0.614. The number of nitrogens with zero attached hydrogens (tertiary/aromatic N) is 1. The second-order valence-electron chi connectivity index (χ2n) is 5.28. The van der Waals surface area contributed by atoms with Gasteiger partial charge in [0.1, 0.15) is 6.10 Å². The van der Waals surface area contributed by atoms with Crippen molar-refractivity contribution in [2.24, 2.45) is 0 Å². The van der Waals surface area contributed by atoms with Gasteiger partial charge >= 0.3 is 6.03 Å². The zero-order chi connectivity index (χ0) is 14.4. The summed E-state index contributed by atoms with van der Waals surface area (Å²) in [6.07, 6.45) is -0.0219. The monoisotopic (exact) mass is 287 g/mol. The summed E-state index contributed by atoms with van der Waals surface area (Å²) in [5.41, 5.74) is 0. The molecule has 116 valence electrons. The summed E-state index contributed by atoms with van der Waals surface area (Å²) in [6, 6.07) is -0.579. The molecule has 2 saturated heterocycles. The minimum absolute atomic E-state index is 0.244. The van der Waals surface area contributed by atoms with Gasteiger partial charge in [0.05, 0.1) is 32.0 Å². The number of morpholine rings is 1. The lowest BCUT2D eigenvalue weighted by molar-refractivity contribution is -0.0180. The molecular formula is C13H25N3O4. The maximum absolute atomic E-state index is 11.6. The summed E-state index contributed by atoms with van der Waals surface area (Å²) in [5, 5.41) is 15.7. The van der Waals surface area contributed by atoms with Crippen LogP contribution in [0.1, 0.15) is 13.3 Å². The van der Waals surface area contributed by atoms with Crippen LogP contribution in [0.5, 0.6) is 0 Å². The fourth-order valence-corrected chi connectivity index (χ4v) is 2.47. The first-order valence-corrected chi connectivity index (χ1v) is 7.35. The van der Waals surface area contributed by atoms with E-state index in [2.05, 4.69) is 15.5 Å². The van der Waals surface area contributed by atoms with Gasteiger partial charge in [0.15, 0.2) is 0 Å². The van der Waals surface area contributed by atoms with Crippen LogP contribution in [0, 0.1) is 0 Å². The van der Waals surface area contributed by atoms with E-state index >= 15 is 0 Å². The Hall–Kier alpha value is -0.890. The third-order valence-corrected chi connectivity index (χ3v) is 3.68. The highest BCUT2D eigenvalue weighted by molar-refractivity contribution is 5.74. The first-order chi connectivity index (χ1) is 9.70. The van der Waals surface area contributed by atoms with Crippen molar-refractivity contribution in [2.75, 3.05) is 46.0 Å². The molecule has 0 radical (unpaired) electrons. The average molecular weight is 287 g/mol. The van der Waals surface area contributed by atoms with E-state index in [4.69, 9.17) is 9.47 Å². The van der Waals surface area contributed by atoms with E-state index in [-0.39, 0.29) is 18.2 Å². The highest BCUT2D eigenvalue weighted by Crippen LogP contribution is 2.16. The highest BCUT2D eigenvalue weighted by atomic mass is 16.5. The second-order valence-corrected chi connectivity index (χ2v) is 5.28. The molecule has 2 amide bonds. The summed E-state index contributed by atoms with van der Waals surface area (Å²) >= 11 is 0. The SMILES string of the molecule is CCCNC(=O)N[C@H]1CO[C@@H](CN2CCOCC2)[C@@H]1O. The standard InChI is InChI=1S/C13H25N3O4/c1-2-3-14-13(18)15-10-9-20-11(12(10)17)8-16-4-6-19-7-5-16/h10-12,17H,2-9H2,1H3,(H2,14,15,18)/t10-,11-,12+/m0/s1. The van der Waals surface area contributed by atoms with Crippen LogP contribution in [0.15, 0.2) is 0 Å². The normalized spacial score (nSPS) is 31.2. The van der Waals surface area contributed by atoms with E-state index in [0.29, 0.717) is 19.7 Å². The number of hydrogen-bond acceptors (Lipinski definition) is 5. The van der Waals surface area contributed by atoms with Crippen LogP contribution in [0.4, 0.5) is 4.79 Å². The number of ether oxygens (including phenoxy) is 2. The Bertz CT molecular complexity index is 310. The van der Waals surface area contributed by atoms with E-state index in [1.54, 1.807) is 0 Å². The molecule has 2 fully saturated rings. The summed E-state index contributed by atoms with van der Waals surface area (Å²) in [4.78, 5) is 13.8. The molecular weight excluding hydrogens is 262 g/mol. The Kier molecular flexibility index (Phi) is 6.03. The van der Waals surface area contributed by atoms with E-state index in [9.17, 15) is 9.90 Å². The van der Waals surface area contributed by atoms with Gasteiger partial charge in [-0.15, -0.1) is 0 Å². The summed E-state index contributed by atoms with van der Waals surface area (Å²) < 4.78 is 10.9. The molecule has 2 heterocycles. The number of amides is 2. The minimum atomic E-state index is -0.662. The number of rotatable bonds is 5. The molecule has 0 aromatic carbocycles. The van der Waals surface area contributed by atoms with Gasteiger partial charge < -0.3 is 25.2 Å². The number of urea groups is 1. The van der Waals surface area contributed by atoms with Crippen molar-refractivity contribution in [1.82, 2.24) is 15.5 Å². The van der Waals surface area contributed by atoms with E-state index in [1.807, 2.05) is 6.92 Å². The van der Waals surface area contributed by atoms with Crippen molar-refractivity contribution in [3.8, 4) is 0 Å². The van der Waals surface area contributed by atoms with Crippen LogP contribution in [0.3, 0.4) is 0 Å². The zero-order valence-electron chi connectivity index (χ0n) is 12.0. The Morgan fingerprint density at radius 1 is 1.40 bits per heavy atom. The molecule has 0 unspecified atom stereocenters. The number of nitrogens with one attached hydrogen (secondary N) is 2. The molecule has 7 heteroatoms. The van der Waals surface area contributed by atoms with Gasteiger partial charge in [-0.25, -0.2) is 4.79 Å². The number of aliphatic hydroxyl groups excluding tert-OH is 1. The first kappa shape index (κ1) is 15.5. The van der Waals surface area contributed by atoms with Crippen LogP contribution in [0.25, 0.3) is 0 Å². The topological polar surface area (TPSA) is 83.1 Å². The van der Waals surface area contributed by atoms with Crippen LogP contribution in [-0.4, -0.2) is 80.3 Å². The number of carbonyl (C=O) groups is 1. The number of carbonyl (C=O) groups excluding carboxylic acids is 1. The molecule has 0 spiro atoms. The molecule has 2 aliphatic heterocycles. The minimum Gasteiger partial charge on any atom is -0.388 e. The third kappa shape index (κ3) is 4.31. The molecule has 0 aromatic rings. The fraction of sp³-hybridized carbons (Fsp3) is 0.923. The Morgan fingerprint density at radius 2 is 2.15 bits per heavy atom. The summed E-state index contributed by atoms with van der Waals surface area (Å²) in [5.74, 6) is 0. The van der Waals surface area contributed by atoms with Gasteiger partial charge in [0.2, 0.25) is 0 Å². The maximum atomic E-state index is 11.6. The van der Waals surface area contributed by atoms with Gasteiger partial charge in [-0.05, 0) is 6.42 Å². The molecule has 0 aromatic heterocycles. The van der Waals surface area contributed by atoms with Crippen molar-refractivity contribution in [2.45, 2.75) is 31.6 Å². The zero-order valence-corrected chi connectivity index (χ0v) is 12.0. The van der Waals surface area contributed by atoms with Crippen LogP contribution >= 0.6 is 0 Å². The van der Waals surface area contributed by atoms with E-state index < -0.39 is 6.10 Å². The number of hydrogen-bond donors (Lipinski definition) is 3. The highest BCUT2D eigenvalue weighted by Gasteiger charge is 2.37. The lowest BCUT2D eigenvalue weighted by Gasteiger charge is -2.29. The number of aliphatic hydroxyl groups is 1. The van der Waals surface area contributed by atoms with Crippen molar-refractivity contribution < 1.29 is 19.4 Å². The summed E-state index contributed by atoms with van der Waals surface area (Å²) in [7, 11) is 0. The largest absolute Gasteiger partial charge is 0.388 e. The summed E-state index contributed by atoms with van der Waals surface area (Å²) in [6.45, 7) is 6.84. The first-order valence-electron chi connectivity index (χ1n) is 7.35. The molecule has 0 aliphatic carbocycles. The molecule has 0 bridgehead atoms. The lowest BCUT2D eigenvalue weighted by atomic mass is 10.1. The van der Waals surface area contributed by atoms with Crippen molar-refractivity contribution in [1.29, 1.82) is 0 Å². The van der Waals surface area contributed by atoms with E-state index in [0.717, 1.165) is 32.7 Å². The predicted molar refractivity (Wildman–Crippen MR) is 73.6 cm³/mol. The Balaban J connectivity index is 1.73. The fourth-order valence-electron chi connectivity index (χ4n) is 2.47. The van der Waals surface area contributed by atoms with Crippen LogP contribution in [-0.2, 0) is 9.47 Å². The van der Waals surface area contributed by atoms with Gasteiger partial charge in [0, 0.05) is 26.2 Å². The molecule has 20 heavy (non-hydrogen) atoms. The van der Waals surface area contributed by atoms with Crippen LogP contribution < -0.4 is 10.6 Å². The van der Waals surface area contributed by atoms with Crippen molar-refractivity contribution in [3.63, 3.8) is 0 Å². The van der Waals surface area contributed by atoms with Gasteiger partial charge in [-0.3, -0.25) is 4.90 Å². The molecule has 7 nitrogen and oxygen atoms in total. The average Bonchev–Trinajstić information content (AvgIpc) is 2.79. The predicted octanol–water partition coefficient (Wildman–Crippen LogP) is -0.844.